The molecule has 0 bridgehead atoms. The summed E-state index contributed by atoms with van der Waals surface area (Å²) >= 11 is 0. The van der Waals surface area contributed by atoms with E-state index in [1.165, 1.54) is 78.5 Å². The first-order valence-corrected chi connectivity index (χ1v) is 14.9. The van der Waals surface area contributed by atoms with Crippen molar-refractivity contribution in [1.29, 1.82) is 0 Å². The van der Waals surface area contributed by atoms with Crippen molar-refractivity contribution in [3.8, 4) is 34.6 Å². The molecular weight excluding hydrogens is 480 g/mol. The van der Waals surface area contributed by atoms with Crippen LogP contribution in [0.5, 0.6) is 0 Å². The Hall–Kier alpha value is -4.08. The fraction of sp³-hybridized carbons (Fsp3) is 0.250. The first-order chi connectivity index (χ1) is 19.6. The molecule has 0 saturated carbocycles. The molecule has 0 unspecified atom stereocenters. The predicted molar refractivity (Wildman–Crippen MR) is 179 cm³/mol. The van der Waals surface area contributed by atoms with E-state index in [-0.39, 0.29) is 0 Å². The monoisotopic (exact) mass is 522 g/mol. The van der Waals surface area contributed by atoms with Crippen LogP contribution >= 0.6 is 0 Å². The van der Waals surface area contributed by atoms with Gasteiger partial charge in [-0.15, -0.1) is 12.3 Å². The van der Waals surface area contributed by atoms with Gasteiger partial charge in [-0.1, -0.05) is 145 Å². The predicted octanol–water partition coefficient (Wildman–Crippen LogP) is 11.9. The molecule has 0 amide bonds. The lowest BCUT2D eigenvalue weighted by Gasteiger charge is -2.17. The maximum absolute atomic E-state index is 4.78. The molecule has 0 aliphatic heterocycles. The molecule has 0 saturated heterocycles. The quantitative estimate of drug-likeness (QED) is 0.156. The zero-order valence-corrected chi connectivity index (χ0v) is 24.9. The van der Waals surface area contributed by atoms with Crippen molar-refractivity contribution < 1.29 is 0 Å². The summed E-state index contributed by atoms with van der Waals surface area (Å²) in [5.74, 6) is 2.43. The molecule has 6 aromatic rings. The summed E-state index contributed by atoms with van der Waals surface area (Å²) in [7, 11) is 0. The number of terminal acetylenes is 1. The maximum atomic E-state index is 4.78. The average molecular weight is 523 g/mol. The Kier molecular flexibility index (Phi) is 9.99. The highest BCUT2D eigenvalue weighted by molar-refractivity contribution is 6.27. The largest absolute Gasteiger partial charge is 0.120 e. The Morgan fingerprint density at radius 1 is 0.525 bits per heavy atom. The third-order valence-electron chi connectivity index (χ3n) is 7.35. The van der Waals surface area contributed by atoms with Gasteiger partial charge in [-0.05, 0) is 78.5 Å². The van der Waals surface area contributed by atoms with Gasteiger partial charge in [0.1, 0.15) is 0 Å². The summed E-state index contributed by atoms with van der Waals surface area (Å²) in [6.07, 6.45) is 10.3. The summed E-state index contributed by atoms with van der Waals surface area (Å²) in [6.45, 7) is 10.6. The van der Waals surface area contributed by atoms with Gasteiger partial charge in [-0.25, -0.2) is 0 Å². The van der Waals surface area contributed by atoms with E-state index >= 15 is 0 Å². The van der Waals surface area contributed by atoms with Crippen LogP contribution in [0.15, 0.2) is 97.1 Å². The van der Waals surface area contributed by atoms with Crippen molar-refractivity contribution in [2.24, 2.45) is 0 Å². The smallest absolute Gasteiger partial charge is 0.00576 e. The lowest BCUT2D eigenvalue weighted by molar-refractivity contribution is 0.922. The molecule has 0 fully saturated rings. The van der Waals surface area contributed by atoms with E-state index in [1.807, 2.05) is 6.92 Å². The number of rotatable bonds is 5. The molecule has 6 rings (SSSR count). The van der Waals surface area contributed by atoms with E-state index in [0.717, 1.165) is 19.3 Å². The van der Waals surface area contributed by atoms with E-state index in [2.05, 4.69) is 131 Å². The van der Waals surface area contributed by atoms with Gasteiger partial charge in [0.05, 0.1) is 0 Å². The molecular formula is C40H42. The summed E-state index contributed by atoms with van der Waals surface area (Å²) in [6, 6.07) is 36.6. The van der Waals surface area contributed by atoms with Crippen molar-refractivity contribution in [1.82, 2.24) is 0 Å². The third kappa shape index (κ3) is 6.05. The summed E-state index contributed by atoms with van der Waals surface area (Å²) in [5, 5.41) is 8.07. The highest BCUT2D eigenvalue weighted by Gasteiger charge is 2.14. The molecule has 0 spiro atoms. The Bertz CT molecular complexity index is 1690. The second kappa shape index (κ2) is 13.8. The lowest BCUT2D eigenvalue weighted by atomic mass is 9.87. The van der Waals surface area contributed by atoms with Gasteiger partial charge in [0.2, 0.25) is 0 Å². The Labute approximate surface area is 241 Å². The zero-order valence-electron chi connectivity index (χ0n) is 24.9. The maximum Gasteiger partial charge on any atom is 0.00576 e. The first kappa shape index (κ1) is 28.9. The Balaban J connectivity index is 0.000000479. The first-order valence-electron chi connectivity index (χ1n) is 14.9. The lowest BCUT2D eigenvalue weighted by Crippen LogP contribution is -1.90. The van der Waals surface area contributed by atoms with Crippen LogP contribution < -0.4 is 0 Å². The second-order valence-electron chi connectivity index (χ2n) is 10.4. The fourth-order valence-corrected chi connectivity index (χ4v) is 5.36. The minimum atomic E-state index is 0.847. The van der Waals surface area contributed by atoms with E-state index in [9.17, 15) is 0 Å². The highest BCUT2D eigenvalue weighted by atomic mass is 14.2. The van der Waals surface area contributed by atoms with E-state index in [1.54, 1.807) is 0 Å². The van der Waals surface area contributed by atoms with Gasteiger partial charge in [-0.2, -0.15) is 0 Å². The van der Waals surface area contributed by atoms with Crippen LogP contribution in [0.1, 0.15) is 65.0 Å². The molecule has 40 heavy (non-hydrogen) atoms. The molecule has 0 aliphatic carbocycles. The van der Waals surface area contributed by atoms with Gasteiger partial charge in [0.25, 0.3) is 0 Å². The molecule has 0 atom stereocenters. The molecule has 6 aromatic carbocycles. The molecule has 0 heteroatoms. The van der Waals surface area contributed by atoms with Crippen LogP contribution in [0, 0.1) is 12.3 Å². The van der Waals surface area contributed by atoms with Gasteiger partial charge in [-0.3, -0.25) is 0 Å². The van der Waals surface area contributed by atoms with Crippen LogP contribution in [-0.2, 0) is 12.8 Å². The van der Waals surface area contributed by atoms with E-state index in [4.69, 9.17) is 6.42 Å². The summed E-state index contributed by atoms with van der Waals surface area (Å²) in [5.41, 5.74) is 8.01. The second-order valence-corrected chi connectivity index (χ2v) is 10.4. The van der Waals surface area contributed by atoms with Gasteiger partial charge in [0.15, 0.2) is 0 Å². The van der Waals surface area contributed by atoms with Crippen molar-refractivity contribution in [2.45, 2.75) is 66.7 Å². The number of benzene rings is 6. The molecule has 0 aliphatic rings. The minimum Gasteiger partial charge on any atom is -0.120 e. The van der Waals surface area contributed by atoms with Gasteiger partial charge < -0.3 is 0 Å². The molecule has 0 radical (unpaired) electrons. The third-order valence-corrected chi connectivity index (χ3v) is 7.35. The highest BCUT2D eigenvalue weighted by Crippen LogP contribution is 2.42. The van der Waals surface area contributed by atoms with E-state index in [0.29, 0.717) is 0 Å². The number of aryl methyl sites for hydroxylation is 2. The van der Waals surface area contributed by atoms with Crippen LogP contribution in [0.25, 0.3) is 54.6 Å². The Morgan fingerprint density at radius 3 is 1.30 bits per heavy atom. The molecule has 0 aromatic heterocycles. The minimum absolute atomic E-state index is 0.847. The molecule has 0 N–H and O–H groups in total. The topological polar surface area (TPSA) is 0 Å². The van der Waals surface area contributed by atoms with Crippen LogP contribution in [0.2, 0.25) is 0 Å². The number of hydrogen-bond acceptors (Lipinski definition) is 0. The Morgan fingerprint density at radius 2 is 0.925 bits per heavy atom. The molecule has 0 heterocycles. The van der Waals surface area contributed by atoms with Crippen molar-refractivity contribution in [3.05, 3.63) is 108 Å². The normalized spacial score (nSPS) is 10.6. The summed E-state index contributed by atoms with van der Waals surface area (Å²) < 4.78 is 0. The zero-order chi connectivity index (χ0) is 28.5. The molecule has 202 valence electrons. The van der Waals surface area contributed by atoms with Crippen molar-refractivity contribution in [2.75, 3.05) is 0 Å². The van der Waals surface area contributed by atoms with Gasteiger partial charge in [0, 0.05) is 6.42 Å². The number of hydrogen-bond donors (Lipinski definition) is 0. The van der Waals surface area contributed by atoms with Crippen LogP contribution in [0.4, 0.5) is 0 Å². The standard InChI is InChI=1S/C33H28.C4H6.C3H8/c1-3-5-23-8-12-25(13-9-23)29-19-15-27-16-20-30-28(24-10-6-22(4-2)7-11-24)18-14-26-17-21-31(29)33(27)32(26)30;1-3-4-2;1-3-2/h6-21H,3-5H2,1-2H3;1H,4H2,2H3;3H2,1-2H3. The SMILES string of the molecule is C#CCC.CCC.CCCc1ccc(-c2ccc3ccc4c(-c5ccc(CC)cc5)ccc5ccc2c3c54)cc1. The molecule has 0 nitrogen and oxygen atoms in total. The van der Waals surface area contributed by atoms with E-state index < -0.39 is 0 Å². The van der Waals surface area contributed by atoms with Crippen molar-refractivity contribution in [3.63, 3.8) is 0 Å². The average Bonchev–Trinajstić information content (AvgIpc) is 3.01. The van der Waals surface area contributed by atoms with Crippen LogP contribution in [0.3, 0.4) is 0 Å². The van der Waals surface area contributed by atoms with Crippen LogP contribution in [-0.4, -0.2) is 0 Å². The van der Waals surface area contributed by atoms with Gasteiger partial charge >= 0.3 is 0 Å². The van der Waals surface area contributed by atoms with Crippen molar-refractivity contribution >= 4 is 32.3 Å². The fourth-order valence-electron chi connectivity index (χ4n) is 5.36. The summed E-state index contributed by atoms with van der Waals surface area (Å²) in [4.78, 5) is 0.